The fourth-order valence-electron chi connectivity index (χ4n) is 2.50. The van der Waals surface area contributed by atoms with Crippen molar-refractivity contribution in [1.82, 2.24) is 19.9 Å². The molecule has 2 unspecified atom stereocenters. The molecule has 0 radical (unpaired) electrons. The Bertz CT molecular complexity index is 1030. The zero-order valence-corrected chi connectivity index (χ0v) is 21.3. The first-order valence-electron chi connectivity index (χ1n) is 8.26. The first-order chi connectivity index (χ1) is 14.5. The second-order valence-corrected chi connectivity index (χ2v) is 8.26. The molecule has 2 heterocycles. The van der Waals surface area contributed by atoms with Crippen LogP contribution in [0.2, 0.25) is 0 Å². The molecule has 32 heavy (non-hydrogen) atoms. The number of aromatic nitrogens is 1. The standard InChI is InChI=1S/C14H17ClN6O8S2.Na/c1-6(22)16-4-8-11(13(25)21(8)31(26,27)28)19-12(24)10(20-29-2)7-5-30-14(17-7)18-9(23)3-15;/h5,8,11H,3-4H2,1-2H3,(H,16,22)(H,19,24)(H,17,18,23)(H,26,27,28);/q;+1/p-1. The van der Waals surface area contributed by atoms with Gasteiger partial charge in [-0.25, -0.2) is 17.7 Å². The average molecular weight is 519 g/mol. The minimum Gasteiger partial charge on any atom is -0.731 e. The van der Waals surface area contributed by atoms with Crippen LogP contribution in [-0.2, 0) is 34.3 Å². The number of carbonyl (C=O) groups excluding carboxylic acids is 4. The van der Waals surface area contributed by atoms with Crippen molar-refractivity contribution < 1.29 is 66.5 Å². The Kier molecular flexibility index (Phi) is 10.5. The van der Waals surface area contributed by atoms with Gasteiger partial charge in [0.25, 0.3) is 11.8 Å². The first-order valence-corrected chi connectivity index (χ1v) is 11.0. The number of thiazole rings is 1. The number of halogens is 1. The third-order valence-electron chi connectivity index (χ3n) is 3.77. The Morgan fingerprint density at radius 3 is 2.59 bits per heavy atom. The first kappa shape index (κ1) is 28.2. The second-order valence-electron chi connectivity index (χ2n) is 5.89. The Morgan fingerprint density at radius 1 is 1.41 bits per heavy atom. The molecule has 2 atom stereocenters. The van der Waals surface area contributed by atoms with Crippen LogP contribution in [0.1, 0.15) is 12.6 Å². The molecule has 14 nitrogen and oxygen atoms in total. The van der Waals surface area contributed by atoms with E-state index in [0.29, 0.717) is 0 Å². The van der Waals surface area contributed by atoms with Gasteiger partial charge in [0.05, 0.1) is 6.04 Å². The normalized spacial score (nSPS) is 18.2. The molecule has 170 valence electrons. The summed E-state index contributed by atoms with van der Waals surface area (Å²) in [5, 5.41) is 11.9. The molecule has 0 aromatic carbocycles. The molecule has 1 fully saturated rings. The molecule has 1 aliphatic heterocycles. The van der Waals surface area contributed by atoms with Crippen molar-refractivity contribution in [2.45, 2.75) is 19.0 Å². The van der Waals surface area contributed by atoms with Gasteiger partial charge in [-0.3, -0.25) is 19.2 Å². The number of carbonyl (C=O) groups is 4. The van der Waals surface area contributed by atoms with Crippen molar-refractivity contribution in [2.75, 3.05) is 24.9 Å². The molecule has 1 saturated heterocycles. The Hall–Kier alpha value is -1.82. The quantitative estimate of drug-likeness (QED) is 0.0714. The van der Waals surface area contributed by atoms with Crippen LogP contribution in [0.25, 0.3) is 0 Å². The number of hydrogen-bond donors (Lipinski definition) is 3. The van der Waals surface area contributed by atoms with Crippen LogP contribution in [0.4, 0.5) is 5.13 Å². The SMILES string of the molecule is CON=C(C(=O)NC1C(=O)N(S(=O)(=O)[O-])C1CNC(C)=O)c1csc(NC(=O)CCl)n1.[Na+]. The molecule has 18 heteroatoms. The Morgan fingerprint density at radius 2 is 2.06 bits per heavy atom. The number of amides is 4. The third kappa shape index (κ3) is 6.84. The van der Waals surface area contributed by atoms with E-state index >= 15 is 0 Å². The van der Waals surface area contributed by atoms with Gasteiger partial charge in [-0.2, -0.15) is 0 Å². The predicted octanol–water partition coefficient (Wildman–Crippen LogP) is -5.03. The van der Waals surface area contributed by atoms with E-state index in [4.69, 9.17) is 11.6 Å². The second kappa shape index (κ2) is 11.9. The predicted molar refractivity (Wildman–Crippen MR) is 106 cm³/mol. The van der Waals surface area contributed by atoms with Crippen molar-refractivity contribution in [1.29, 1.82) is 0 Å². The van der Waals surface area contributed by atoms with Crippen molar-refractivity contribution in [2.24, 2.45) is 5.16 Å². The van der Waals surface area contributed by atoms with Crippen molar-refractivity contribution in [3.63, 3.8) is 0 Å². The molecule has 2 rings (SSSR count). The molecule has 3 N–H and O–H groups in total. The van der Waals surface area contributed by atoms with Gasteiger partial charge in [-0.1, -0.05) is 5.16 Å². The summed E-state index contributed by atoms with van der Waals surface area (Å²) in [6.07, 6.45) is 0. The molecular weight excluding hydrogens is 503 g/mol. The van der Waals surface area contributed by atoms with Crippen molar-refractivity contribution >= 4 is 67.7 Å². The van der Waals surface area contributed by atoms with E-state index in [0.717, 1.165) is 25.4 Å². The van der Waals surface area contributed by atoms with Gasteiger partial charge >= 0.3 is 29.6 Å². The van der Waals surface area contributed by atoms with Gasteiger partial charge in [0.1, 0.15) is 24.7 Å². The van der Waals surface area contributed by atoms with Crippen LogP contribution in [0.3, 0.4) is 0 Å². The largest absolute Gasteiger partial charge is 1.00 e. The minimum absolute atomic E-state index is 0. The number of anilines is 1. The zero-order chi connectivity index (χ0) is 23.3. The maximum absolute atomic E-state index is 12.7. The summed E-state index contributed by atoms with van der Waals surface area (Å²) in [6, 6.07) is -2.76. The van der Waals surface area contributed by atoms with E-state index in [2.05, 4.69) is 30.9 Å². The number of oxime groups is 1. The van der Waals surface area contributed by atoms with Gasteiger partial charge in [-0.05, 0) is 0 Å². The van der Waals surface area contributed by atoms with Crippen molar-refractivity contribution in [3.05, 3.63) is 11.1 Å². The third-order valence-corrected chi connectivity index (χ3v) is 5.70. The summed E-state index contributed by atoms with van der Waals surface area (Å²) >= 11 is 6.36. The van der Waals surface area contributed by atoms with Crippen LogP contribution in [0.5, 0.6) is 0 Å². The van der Waals surface area contributed by atoms with E-state index in [1.165, 1.54) is 5.38 Å². The van der Waals surface area contributed by atoms with Gasteiger partial charge < -0.3 is 25.3 Å². The summed E-state index contributed by atoms with van der Waals surface area (Å²) in [7, 11) is -4.01. The van der Waals surface area contributed by atoms with Gasteiger partial charge in [0, 0.05) is 18.8 Å². The number of nitrogens with zero attached hydrogens (tertiary/aromatic N) is 3. The summed E-state index contributed by atoms with van der Waals surface area (Å²) in [5.74, 6) is -3.53. The van der Waals surface area contributed by atoms with Crippen LogP contribution < -0.4 is 45.5 Å². The summed E-state index contributed by atoms with van der Waals surface area (Å²) in [5.41, 5.74) is -0.410. The van der Waals surface area contributed by atoms with E-state index in [1.807, 2.05) is 0 Å². The monoisotopic (exact) mass is 518 g/mol. The molecule has 0 saturated carbocycles. The molecule has 0 spiro atoms. The van der Waals surface area contributed by atoms with E-state index < -0.39 is 52.6 Å². The Balaban J connectivity index is 0.00000512. The molecule has 1 aromatic rings. The van der Waals surface area contributed by atoms with Crippen LogP contribution in [0, 0.1) is 0 Å². The fourth-order valence-corrected chi connectivity index (χ4v) is 4.14. The molecule has 4 amide bonds. The molecule has 0 aliphatic carbocycles. The summed E-state index contributed by atoms with van der Waals surface area (Å²) < 4.78 is 34.0. The maximum atomic E-state index is 12.7. The molecule has 1 aromatic heterocycles. The number of hydrogen-bond acceptors (Lipinski definition) is 11. The van der Waals surface area contributed by atoms with Gasteiger partial charge in [0.15, 0.2) is 21.1 Å². The van der Waals surface area contributed by atoms with Gasteiger partial charge in [0.2, 0.25) is 11.8 Å². The van der Waals surface area contributed by atoms with Crippen LogP contribution >= 0.6 is 22.9 Å². The number of nitrogens with one attached hydrogen (secondary N) is 3. The molecule has 0 bridgehead atoms. The molecule has 1 aliphatic rings. The smallest absolute Gasteiger partial charge is 0.731 e. The van der Waals surface area contributed by atoms with Gasteiger partial charge in [-0.15, -0.1) is 22.9 Å². The van der Waals surface area contributed by atoms with Crippen molar-refractivity contribution in [3.8, 4) is 0 Å². The summed E-state index contributed by atoms with van der Waals surface area (Å²) in [6.45, 7) is 0.756. The number of alkyl halides is 1. The average Bonchev–Trinajstić information content (AvgIpc) is 3.13. The zero-order valence-electron chi connectivity index (χ0n) is 16.9. The molecular formula is C14H16ClN6NaO8S2. The van der Waals surface area contributed by atoms with E-state index in [1.54, 1.807) is 0 Å². The summed E-state index contributed by atoms with van der Waals surface area (Å²) in [4.78, 5) is 55.9. The topological polar surface area (TPSA) is 199 Å². The number of β-lactam (4-membered cyclic amide) rings is 1. The van der Waals surface area contributed by atoms with E-state index in [9.17, 15) is 32.1 Å². The maximum Gasteiger partial charge on any atom is 1.00 e. The van der Waals surface area contributed by atoms with Crippen LogP contribution in [0.15, 0.2) is 10.5 Å². The van der Waals surface area contributed by atoms with E-state index in [-0.39, 0.29) is 56.3 Å². The fraction of sp³-hybridized carbons (Fsp3) is 0.429. The minimum atomic E-state index is -5.16. The Labute approximate surface area is 213 Å². The van der Waals surface area contributed by atoms with Crippen LogP contribution in [-0.4, -0.2) is 83.2 Å². The number of rotatable bonds is 9.